The number of nitrogens with zero attached hydrogens (tertiary/aromatic N) is 3. The van der Waals surface area contributed by atoms with Crippen molar-refractivity contribution in [1.82, 2.24) is 9.78 Å². The zero-order valence-electron chi connectivity index (χ0n) is 13.8. The molecular weight excluding hydrogens is 343 g/mol. The number of alkyl halides is 1. The van der Waals surface area contributed by atoms with Gasteiger partial charge in [-0.2, -0.15) is 5.10 Å². The fourth-order valence-corrected chi connectivity index (χ4v) is 3.74. The standard InChI is InChI=1S/C18H24Cl2N4/c19-11-18(21)22-9-3-6-16-15-8-7-14(20)10-17(15)24(23-16)12-13-4-1-2-5-13/h7-8,10,13H,1-6,9,11-12H2,(H2,21,22). The van der Waals surface area contributed by atoms with E-state index in [1.807, 2.05) is 12.1 Å². The van der Waals surface area contributed by atoms with Gasteiger partial charge in [-0.1, -0.05) is 24.4 Å². The number of aliphatic imine (C=N–C) groups is 1. The van der Waals surface area contributed by atoms with E-state index in [1.165, 1.54) is 31.1 Å². The van der Waals surface area contributed by atoms with Crippen LogP contribution < -0.4 is 5.73 Å². The van der Waals surface area contributed by atoms with Gasteiger partial charge in [0.2, 0.25) is 0 Å². The Morgan fingerprint density at radius 1 is 1.33 bits per heavy atom. The van der Waals surface area contributed by atoms with Crippen molar-refractivity contribution in [2.75, 3.05) is 12.4 Å². The largest absolute Gasteiger partial charge is 0.386 e. The molecule has 0 radical (unpaired) electrons. The van der Waals surface area contributed by atoms with Crippen LogP contribution in [0, 0.1) is 5.92 Å². The number of aryl methyl sites for hydroxylation is 1. The maximum Gasteiger partial charge on any atom is 0.109 e. The molecule has 1 aliphatic rings. The van der Waals surface area contributed by atoms with Crippen LogP contribution in [0.3, 0.4) is 0 Å². The molecule has 1 fully saturated rings. The van der Waals surface area contributed by atoms with Crippen LogP contribution in [-0.2, 0) is 13.0 Å². The maximum absolute atomic E-state index is 6.21. The predicted molar refractivity (Wildman–Crippen MR) is 102 cm³/mol. The van der Waals surface area contributed by atoms with Crippen LogP contribution in [0.25, 0.3) is 10.9 Å². The van der Waals surface area contributed by atoms with Gasteiger partial charge in [0.1, 0.15) is 5.84 Å². The Hall–Kier alpha value is -1.26. The van der Waals surface area contributed by atoms with Crippen molar-refractivity contribution >= 4 is 39.9 Å². The molecule has 0 aliphatic heterocycles. The van der Waals surface area contributed by atoms with E-state index < -0.39 is 0 Å². The minimum absolute atomic E-state index is 0.289. The normalized spacial score (nSPS) is 16.3. The number of hydrogen-bond donors (Lipinski definition) is 1. The zero-order valence-corrected chi connectivity index (χ0v) is 15.4. The third-order valence-corrected chi connectivity index (χ3v) is 5.23. The summed E-state index contributed by atoms with van der Waals surface area (Å²) < 4.78 is 2.16. The highest BCUT2D eigenvalue weighted by Gasteiger charge is 2.18. The van der Waals surface area contributed by atoms with Crippen molar-refractivity contribution in [3.05, 3.63) is 28.9 Å². The Balaban J connectivity index is 1.77. The third-order valence-electron chi connectivity index (χ3n) is 4.72. The number of benzene rings is 1. The van der Waals surface area contributed by atoms with Gasteiger partial charge in [0.15, 0.2) is 0 Å². The number of fused-ring (bicyclic) bond motifs is 1. The topological polar surface area (TPSA) is 56.2 Å². The first-order valence-corrected chi connectivity index (χ1v) is 9.58. The highest BCUT2D eigenvalue weighted by Crippen LogP contribution is 2.29. The molecule has 1 saturated carbocycles. The van der Waals surface area contributed by atoms with Crippen molar-refractivity contribution in [2.24, 2.45) is 16.6 Å². The number of rotatable bonds is 7. The molecule has 24 heavy (non-hydrogen) atoms. The van der Waals surface area contributed by atoms with Crippen molar-refractivity contribution in [1.29, 1.82) is 0 Å². The molecule has 2 aromatic rings. The summed E-state index contributed by atoms with van der Waals surface area (Å²) in [6, 6.07) is 6.06. The van der Waals surface area contributed by atoms with Gasteiger partial charge in [-0.25, -0.2) is 0 Å². The fourth-order valence-electron chi connectivity index (χ4n) is 3.49. The quantitative estimate of drug-likeness (QED) is 0.341. The smallest absolute Gasteiger partial charge is 0.109 e. The first-order valence-electron chi connectivity index (χ1n) is 8.67. The molecule has 0 amide bonds. The van der Waals surface area contributed by atoms with Gasteiger partial charge in [0.25, 0.3) is 0 Å². The van der Waals surface area contributed by atoms with Crippen LogP contribution in [-0.4, -0.2) is 28.0 Å². The van der Waals surface area contributed by atoms with Crippen molar-refractivity contribution in [3.63, 3.8) is 0 Å². The first kappa shape index (κ1) is 17.6. The van der Waals surface area contributed by atoms with E-state index in [0.717, 1.165) is 41.5 Å². The summed E-state index contributed by atoms with van der Waals surface area (Å²) in [6.07, 6.45) is 7.10. The SMILES string of the molecule is NC(CCl)=NCCCc1nn(CC2CCCC2)c2cc(Cl)ccc12. The molecule has 4 nitrogen and oxygen atoms in total. The summed E-state index contributed by atoms with van der Waals surface area (Å²) in [4.78, 5) is 4.25. The number of amidine groups is 1. The van der Waals surface area contributed by atoms with Gasteiger partial charge in [-0.05, 0) is 49.8 Å². The number of halogens is 2. The van der Waals surface area contributed by atoms with Crippen LogP contribution in [0.1, 0.15) is 37.8 Å². The van der Waals surface area contributed by atoms with Crippen molar-refractivity contribution < 1.29 is 0 Å². The minimum Gasteiger partial charge on any atom is -0.386 e. The van der Waals surface area contributed by atoms with E-state index in [-0.39, 0.29) is 5.88 Å². The van der Waals surface area contributed by atoms with Gasteiger partial charge in [0.05, 0.1) is 17.1 Å². The second kappa shape index (κ2) is 8.21. The Kier molecular flexibility index (Phi) is 6.01. The maximum atomic E-state index is 6.21. The molecule has 0 bridgehead atoms. The van der Waals surface area contributed by atoms with E-state index in [4.69, 9.17) is 34.0 Å². The lowest BCUT2D eigenvalue weighted by Crippen LogP contribution is -2.13. The zero-order chi connectivity index (χ0) is 16.9. The van der Waals surface area contributed by atoms with Gasteiger partial charge in [-0.3, -0.25) is 9.67 Å². The summed E-state index contributed by atoms with van der Waals surface area (Å²) in [7, 11) is 0. The monoisotopic (exact) mass is 366 g/mol. The lowest BCUT2D eigenvalue weighted by Gasteiger charge is -2.10. The Bertz CT molecular complexity index is 717. The van der Waals surface area contributed by atoms with Gasteiger partial charge >= 0.3 is 0 Å². The highest BCUT2D eigenvalue weighted by molar-refractivity contribution is 6.31. The summed E-state index contributed by atoms with van der Waals surface area (Å²) >= 11 is 11.9. The first-order chi connectivity index (χ1) is 11.7. The van der Waals surface area contributed by atoms with Crippen LogP contribution in [0.15, 0.2) is 23.2 Å². The van der Waals surface area contributed by atoms with Crippen LogP contribution in [0.2, 0.25) is 5.02 Å². The van der Waals surface area contributed by atoms with Crippen LogP contribution in [0.4, 0.5) is 0 Å². The summed E-state index contributed by atoms with van der Waals surface area (Å²) in [5.74, 6) is 1.53. The number of aromatic nitrogens is 2. The molecule has 130 valence electrons. The molecule has 0 spiro atoms. The molecule has 1 aromatic carbocycles. The molecule has 1 heterocycles. The lowest BCUT2D eigenvalue weighted by atomic mass is 10.1. The molecule has 1 aliphatic carbocycles. The molecule has 3 rings (SSSR count). The Labute approximate surface area is 153 Å². The van der Waals surface area contributed by atoms with Gasteiger partial charge in [-0.15, -0.1) is 11.6 Å². The second-order valence-corrected chi connectivity index (χ2v) is 7.25. The Morgan fingerprint density at radius 2 is 2.12 bits per heavy atom. The van der Waals surface area contributed by atoms with E-state index in [1.54, 1.807) is 0 Å². The van der Waals surface area contributed by atoms with Crippen LogP contribution in [0.5, 0.6) is 0 Å². The molecule has 6 heteroatoms. The predicted octanol–water partition coefficient (Wildman–Crippen LogP) is 4.41. The average molecular weight is 367 g/mol. The van der Waals surface area contributed by atoms with E-state index in [9.17, 15) is 0 Å². The van der Waals surface area contributed by atoms with E-state index in [2.05, 4.69) is 15.7 Å². The molecule has 0 atom stereocenters. The summed E-state index contributed by atoms with van der Waals surface area (Å²) in [6.45, 7) is 1.68. The number of hydrogen-bond acceptors (Lipinski definition) is 2. The third kappa shape index (κ3) is 4.22. The Morgan fingerprint density at radius 3 is 2.88 bits per heavy atom. The van der Waals surface area contributed by atoms with Gasteiger partial charge < -0.3 is 5.73 Å². The second-order valence-electron chi connectivity index (χ2n) is 6.55. The average Bonchev–Trinajstić information content (AvgIpc) is 3.20. The summed E-state index contributed by atoms with van der Waals surface area (Å²) in [5.41, 5.74) is 7.91. The fraction of sp³-hybridized carbons (Fsp3) is 0.556. The molecule has 0 saturated heterocycles. The molecular formula is C18H24Cl2N4. The van der Waals surface area contributed by atoms with Crippen molar-refractivity contribution in [2.45, 2.75) is 45.1 Å². The number of nitrogens with two attached hydrogens (primary N) is 1. The van der Waals surface area contributed by atoms with E-state index in [0.29, 0.717) is 12.4 Å². The lowest BCUT2D eigenvalue weighted by molar-refractivity contribution is 0.435. The van der Waals surface area contributed by atoms with Gasteiger partial charge in [0, 0.05) is 23.5 Å². The highest BCUT2D eigenvalue weighted by atomic mass is 35.5. The molecule has 0 unspecified atom stereocenters. The van der Waals surface area contributed by atoms with Crippen molar-refractivity contribution in [3.8, 4) is 0 Å². The molecule has 1 aromatic heterocycles. The minimum atomic E-state index is 0.289. The van der Waals surface area contributed by atoms with E-state index >= 15 is 0 Å². The molecule has 2 N–H and O–H groups in total. The van der Waals surface area contributed by atoms with Crippen LogP contribution >= 0.6 is 23.2 Å². The summed E-state index contributed by atoms with van der Waals surface area (Å²) in [5, 5.41) is 6.85.